The second-order valence-corrected chi connectivity index (χ2v) is 7.49. The lowest BCUT2D eigenvalue weighted by molar-refractivity contribution is -0.114. The van der Waals surface area contributed by atoms with Crippen molar-refractivity contribution < 1.29 is 9.53 Å². The zero-order chi connectivity index (χ0) is 22.9. The molecule has 0 radical (unpaired) electrons. The molecule has 8 nitrogen and oxygen atoms in total. The first-order chi connectivity index (χ1) is 15.5. The van der Waals surface area contributed by atoms with Gasteiger partial charge < -0.3 is 25.3 Å². The van der Waals surface area contributed by atoms with Crippen LogP contribution in [0.2, 0.25) is 0 Å². The SMILES string of the molecule is CCNC(=NCc1ccc(OC)c(NC(C)=O)c1)NCCCn1c(C)nc2ccccc21. The second-order valence-electron chi connectivity index (χ2n) is 7.49. The number of aliphatic imine (C=N–C) groups is 1. The van der Waals surface area contributed by atoms with E-state index in [1.165, 1.54) is 12.4 Å². The summed E-state index contributed by atoms with van der Waals surface area (Å²) < 4.78 is 7.57. The van der Waals surface area contributed by atoms with Crippen LogP contribution in [-0.2, 0) is 17.9 Å². The van der Waals surface area contributed by atoms with Crippen LogP contribution in [0.3, 0.4) is 0 Å². The number of rotatable bonds is 9. The van der Waals surface area contributed by atoms with E-state index in [1.54, 1.807) is 7.11 Å². The number of aromatic nitrogens is 2. The fourth-order valence-electron chi connectivity index (χ4n) is 3.58. The Morgan fingerprint density at radius 3 is 2.75 bits per heavy atom. The summed E-state index contributed by atoms with van der Waals surface area (Å²) in [6, 6.07) is 13.9. The van der Waals surface area contributed by atoms with E-state index in [4.69, 9.17) is 4.74 Å². The van der Waals surface area contributed by atoms with E-state index in [0.717, 1.165) is 48.9 Å². The monoisotopic (exact) mass is 436 g/mol. The fourth-order valence-corrected chi connectivity index (χ4v) is 3.58. The van der Waals surface area contributed by atoms with E-state index in [9.17, 15) is 4.79 Å². The van der Waals surface area contributed by atoms with E-state index >= 15 is 0 Å². The van der Waals surface area contributed by atoms with Gasteiger partial charge in [-0.15, -0.1) is 0 Å². The number of methoxy groups -OCH3 is 1. The number of nitrogens with one attached hydrogen (secondary N) is 3. The van der Waals surface area contributed by atoms with Gasteiger partial charge in [0.15, 0.2) is 5.96 Å². The van der Waals surface area contributed by atoms with E-state index < -0.39 is 0 Å². The van der Waals surface area contributed by atoms with Gasteiger partial charge in [0, 0.05) is 26.6 Å². The van der Waals surface area contributed by atoms with Crippen molar-refractivity contribution in [3.8, 4) is 5.75 Å². The minimum Gasteiger partial charge on any atom is -0.495 e. The fraction of sp³-hybridized carbons (Fsp3) is 0.375. The molecule has 0 unspecified atom stereocenters. The molecule has 3 aromatic rings. The Kier molecular flexibility index (Phi) is 8.08. The minimum atomic E-state index is -0.139. The first-order valence-electron chi connectivity index (χ1n) is 10.9. The molecule has 0 bridgehead atoms. The summed E-state index contributed by atoms with van der Waals surface area (Å²) in [5, 5.41) is 9.48. The summed E-state index contributed by atoms with van der Waals surface area (Å²) in [5.74, 6) is 2.28. The Balaban J connectivity index is 1.59. The van der Waals surface area contributed by atoms with Gasteiger partial charge in [0.1, 0.15) is 11.6 Å². The topological polar surface area (TPSA) is 92.6 Å². The summed E-state index contributed by atoms with van der Waals surface area (Å²) in [6.07, 6.45) is 0.945. The van der Waals surface area contributed by atoms with Crippen molar-refractivity contribution in [3.05, 3.63) is 53.9 Å². The number of para-hydroxylation sites is 2. The molecule has 0 atom stereocenters. The number of imidazole rings is 1. The maximum absolute atomic E-state index is 11.4. The third-order valence-corrected chi connectivity index (χ3v) is 5.03. The van der Waals surface area contributed by atoms with Crippen LogP contribution in [-0.4, -0.2) is 41.6 Å². The van der Waals surface area contributed by atoms with Crippen molar-refractivity contribution in [1.29, 1.82) is 0 Å². The maximum atomic E-state index is 11.4. The molecule has 1 aromatic heterocycles. The Morgan fingerprint density at radius 1 is 1.19 bits per heavy atom. The number of guanidine groups is 1. The third kappa shape index (κ3) is 6.00. The molecule has 3 N–H and O–H groups in total. The smallest absolute Gasteiger partial charge is 0.221 e. The number of amides is 1. The van der Waals surface area contributed by atoms with Crippen molar-refractivity contribution in [2.75, 3.05) is 25.5 Å². The van der Waals surface area contributed by atoms with Crippen LogP contribution in [0.4, 0.5) is 5.69 Å². The number of anilines is 1. The molecule has 1 amide bonds. The molecule has 0 fully saturated rings. The highest BCUT2D eigenvalue weighted by molar-refractivity contribution is 5.90. The Morgan fingerprint density at radius 2 is 2.00 bits per heavy atom. The minimum absolute atomic E-state index is 0.139. The zero-order valence-corrected chi connectivity index (χ0v) is 19.2. The quantitative estimate of drug-likeness (QED) is 0.271. The van der Waals surface area contributed by atoms with Gasteiger partial charge in [0.2, 0.25) is 5.91 Å². The van der Waals surface area contributed by atoms with Gasteiger partial charge in [-0.25, -0.2) is 9.98 Å². The third-order valence-electron chi connectivity index (χ3n) is 5.03. The first-order valence-corrected chi connectivity index (χ1v) is 10.9. The predicted molar refractivity (Wildman–Crippen MR) is 129 cm³/mol. The standard InChI is InChI=1S/C24H32N6O2/c1-5-25-24(27-16-19-11-12-23(32-4)21(15-19)29-18(3)31)26-13-8-14-30-17(2)28-20-9-6-7-10-22(20)30/h6-7,9-12,15H,5,8,13-14,16H2,1-4H3,(H,29,31)(H2,25,26,27). The van der Waals surface area contributed by atoms with Crippen LogP contribution in [0.15, 0.2) is 47.5 Å². The number of nitrogens with zero attached hydrogens (tertiary/aromatic N) is 3. The number of fused-ring (bicyclic) bond motifs is 1. The Hall–Kier alpha value is -3.55. The molecule has 1 heterocycles. The van der Waals surface area contributed by atoms with Gasteiger partial charge in [-0.3, -0.25) is 4.79 Å². The highest BCUT2D eigenvalue weighted by Crippen LogP contribution is 2.25. The number of hydrogen-bond donors (Lipinski definition) is 3. The van der Waals surface area contributed by atoms with Crippen LogP contribution >= 0.6 is 0 Å². The van der Waals surface area contributed by atoms with Gasteiger partial charge >= 0.3 is 0 Å². The molecule has 0 aliphatic heterocycles. The molecule has 170 valence electrons. The normalized spacial score (nSPS) is 11.4. The number of carbonyl (C=O) groups excluding carboxylic acids is 1. The van der Waals surface area contributed by atoms with Crippen molar-refractivity contribution in [2.24, 2.45) is 4.99 Å². The molecular formula is C24H32N6O2. The molecule has 2 aromatic carbocycles. The van der Waals surface area contributed by atoms with E-state index in [-0.39, 0.29) is 5.91 Å². The molecule has 0 aliphatic rings. The predicted octanol–water partition coefficient (Wildman–Crippen LogP) is 3.46. The van der Waals surface area contributed by atoms with Gasteiger partial charge in [0.25, 0.3) is 0 Å². The van der Waals surface area contributed by atoms with Crippen LogP contribution in [0.25, 0.3) is 11.0 Å². The lowest BCUT2D eigenvalue weighted by atomic mass is 10.2. The molecule has 0 saturated carbocycles. The number of hydrogen-bond acceptors (Lipinski definition) is 4. The molecule has 32 heavy (non-hydrogen) atoms. The Bertz CT molecular complexity index is 1090. The molecule has 0 spiro atoms. The lowest BCUT2D eigenvalue weighted by Crippen LogP contribution is -2.38. The average molecular weight is 437 g/mol. The van der Waals surface area contributed by atoms with Gasteiger partial charge in [-0.1, -0.05) is 18.2 Å². The number of aryl methyl sites for hydroxylation is 2. The summed E-state index contributed by atoms with van der Waals surface area (Å²) in [7, 11) is 1.58. The molecule has 0 saturated heterocycles. The second kappa shape index (κ2) is 11.2. The van der Waals surface area contributed by atoms with E-state index in [1.807, 2.05) is 50.2 Å². The van der Waals surface area contributed by atoms with Crippen molar-refractivity contribution >= 4 is 28.6 Å². The van der Waals surface area contributed by atoms with Crippen LogP contribution < -0.4 is 20.7 Å². The number of ether oxygens (including phenoxy) is 1. The van der Waals surface area contributed by atoms with E-state index in [2.05, 4.69) is 36.6 Å². The highest BCUT2D eigenvalue weighted by atomic mass is 16.5. The molecule has 3 rings (SSSR count). The van der Waals surface area contributed by atoms with Gasteiger partial charge in [-0.05, 0) is 50.1 Å². The highest BCUT2D eigenvalue weighted by Gasteiger charge is 2.08. The molecule has 8 heteroatoms. The maximum Gasteiger partial charge on any atom is 0.221 e. The van der Waals surface area contributed by atoms with Crippen LogP contribution in [0.5, 0.6) is 5.75 Å². The largest absolute Gasteiger partial charge is 0.495 e. The van der Waals surface area contributed by atoms with Crippen LogP contribution in [0.1, 0.15) is 31.7 Å². The average Bonchev–Trinajstić information content (AvgIpc) is 3.09. The molecular weight excluding hydrogens is 404 g/mol. The van der Waals surface area contributed by atoms with Crippen LogP contribution in [0, 0.1) is 6.92 Å². The number of benzene rings is 2. The van der Waals surface area contributed by atoms with Gasteiger partial charge in [0.05, 0.1) is 30.4 Å². The summed E-state index contributed by atoms with van der Waals surface area (Å²) >= 11 is 0. The summed E-state index contributed by atoms with van der Waals surface area (Å²) in [4.78, 5) is 20.8. The Labute approximate surface area is 189 Å². The van der Waals surface area contributed by atoms with Crippen molar-refractivity contribution in [2.45, 2.75) is 40.3 Å². The first kappa shape index (κ1) is 23.1. The zero-order valence-electron chi connectivity index (χ0n) is 19.2. The van der Waals surface area contributed by atoms with Gasteiger partial charge in [-0.2, -0.15) is 0 Å². The number of carbonyl (C=O) groups is 1. The summed E-state index contributed by atoms with van der Waals surface area (Å²) in [6.45, 7) is 8.50. The molecule has 0 aliphatic carbocycles. The van der Waals surface area contributed by atoms with Crippen molar-refractivity contribution in [1.82, 2.24) is 20.2 Å². The van der Waals surface area contributed by atoms with Crippen molar-refractivity contribution in [3.63, 3.8) is 0 Å². The lowest BCUT2D eigenvalue weighted by Gasteiger charge is -2.13. The summed E-state index contributed by atoms with van der Waals surface area (Å²) in [5.41, 5.74) is 3.83. The van der Waals surface area contributed by atoms with E-state index in [0.29, 0.717) is 18.0 Å².